The summed E-state index contributed by atoms with van der Waals surface area (Å²) in [6.45, 7) is 0. The molecule has 3 aliphatic carbocycles. The summed E-state index contributed by atoms with van der Waals surface area (Å²) in [7, 11) is 0. The Morgan fingerprint density at radius 1 is 1.36 bits per heavy atom. The number of hydrogen-bond donors (Lipinski definition) is 0. The fourth-order valence-corrected chi connectivity index (χ4v) is 4.04. The highest BCUT2D eigenvalue weighted by Crippen LogP contribution is 2.57. The smallest absolute Gasteiger partial charge is 0.174 e. The number of hydrogen-bond acceptors (Lipinski definition) is 2. The van der Waals surface area contributed by atoms with E-state index < -0.39 is 4.32 Å². The summed E-state index contributed by atoms with van der Waals surface area (Å²) < 4.78 is 0.0191. The van der Waals surface area contributed by atoms with E-state index in [0.29, 0.717) is 4.48 Å². The van der Waals surface area contributed by atoms with Gasteiger partial charge < -0.3 is 0 Å². The minimum atomic E-state index is -0.604. The van der Waals surface area contributed by atoms with Crippen LogP contribution < -0.4 is 0 Å². The molecule has 0 heterocycles. The average Bonchev–Trinajstić information content (AvgIpc) is 2.65. The van der Waals surface area contributed by atoms with Gasteiger partial charge in [0.05, 0.1) is 4.48 Å². The Hall–Kier alpha value is -0.220. The van der Waals surface area contributed by atoms with Gasteiger partial charge in [-0.15, -0.1) is 0 Å². The molecule has 0 aliphatic heterocycles. The monoisotopic (exact) mass is 316 g/mol. The van der Waals surface area contributed by atoms with E-state index in [1.807, 2.05) is 18.2 Å². The summed E-state index contributed by atoms with van der Waals surface area (Å²) >= 11 is 6.70. The lowest BCUT2D eigenvalue weighted by molar-refractivity contribution is -0.124. The highest BCUT2D eigenvalue weighted by molar-refractivity contribution is 9.12. The number of allylic oxidation sites excluding steroid dienone is 4. The van der Waals surface area contributed by atoms with Crippen LogP contribution in [0.15, 0.2) is 22.7 Å². The van der Waals surface area contributed by atoms with Gasteiger partial charge in [-0.2, -0.15) is 0 Å². The Balaban J connectivity index is 2.18. The Morgan fingerprint density at radius 2 is 2.07 bits per heavy atom. The molecule has 0 N–H and O–H groups in total. The number of fused-ring (bicyclic) bond motifs is 5. The highest BCUT2D eigenvalue weighted by atomic mass is 79.9. The van der Waals surface area contributed by atoms with E-state index in [-0.39, 0.29) is 29.3 Å². The molecule has 14 heavy (non-hydrogen) atoms. The summed E-state index contributed by atoms with van der Waals surface area (Å²) in [5.41, 5.74) is 0. The van der Waals surface area contributed by atoms with E-state index in [2.05, 4.69) is 31.9 Å². The van der Waals surface area contributed by atoms with E-state index in [4.69, 9.17) is 0 Å². The Labute approximate surface area is 97.7 Å². The Bertz CT molecular complexity index is 424. The lowest BCUT2D eigenvalue weighted by atomic mass is 9.85. The number of carbonyl (C=O) groups is 2. The minimum absolute atomic E-state index is 0.00637. The fraction of sp³-hybridized carbons (Fsp3) is 0.400. The Kier molecular flexibility index (Phi) is 1.60. The summed E-state index contributed by atoms with van der Waals surface area (Å²) in [6, 6.07) is 0. The van der Waals surface area contributed by atoms with E-state index in [1.54, 1.807) is 0 Å². The van der Waals surface area contributed by atoms with Crippen LogP contribution in [0.25, 0.3) is 0 Å². The second-order valence-corrected chi connectivity index (χ2v) is 6.11. The Morgan fingerprint density at radius 3 is 2.71 bits per heavy atom. The van der Waals surface area contributed by atoms with Crippen molar-refractivity contribution >= 4 is 43.4 Å². The fourth-order valence-electron chi connectivity index (χ4n) is 2.66. The van der Waals surface area contributed by atoms with Crippen LogP contribution in [0.4, 0.5) is 0 Å². The van der Waals surface area contributed by atoms with E-state index in [1.165, 1.54) is 0 Å². The number of Topliss-reactive ketones (excluding diaryl/α,β-unsaturated/α-hetero) is 2. The molecule has 0 aromatic rings. The lowest BCUT2D eigenvalue weighted by Gasteiger charge is -2.22. The average molecular weight is 318 g/mol. The summed E-state index contributed by atoms with van der Waals surface area (Å²) in [4.78, 5) is 23.6. The third kappa shape index (κ3) is 0.784. The highest BCUT2D eigenvalue weighted by Gasteiger charge is 2.63. The number of ketones is 2. The quantitative estimate of drug-likeness (QED) is 0.506. The van der Waals surface area contributed by atoms with Gasteiger partial charge in [0.2, 0.25) is 0 Å². The molecule has 0 spiro atoms. The molecule has 1 saturated carbocycles. The zero-order chi connectivity index (χ0) is 10.1. The molecule has 0 amide bonds. The molecule has 2 bridgehead atoms. The predicted molar refractivity (Wildman–Crippen MR) is 58.3 cm³/mol. The normalized spacial score (nSPS) is 48.7. The molecular weight excluding hydrogens is 312 g/mol. The third-order valence-electron chi connectivity index (χ3n) is 3.35. The first-order chi connectivity index (χ1) is 6.55. The minimum Gasteiger partial charge on any atom is -0.297 e. The van der Waals surface area contributed by atoms with Crippen molar-refractivity contribution in [2.75, 3.05) is 0 Å². The van der Waals surface area contributed by atoms with Gasteiger partial charge in [-0.3, -0.25) is 9.59 Å². The predicted octanol–water partition coefficient (Wildman–Crippen LogP) is 1.98. The van der Waals surface area contributed by atoms with Gasteiger partial charge in [0.25, 0.3) is 0 Å². The van der Waals surface area contributed by atoms with E-state index >= 15 is 0 Å². The van der Waals surface area contributed by atoms with Gasteiger partial charge in [-0.1, -0.05) is 34.2 Å². The van der Waals surface area contributed by atoms with Crippen molar-refractivity contribution in [1.82, 2.24) is 0 Å². The maximum absolute atomic E-state index is 11.8. The lowest BCUT2D eigenvalue weighted by Crippen LogP contribution is -2.29. The van der Waals surface area contributed by atoms with Crippen molar-refractivity contribution < 1.29 is 9.59 Å². The zero-order valence-electron chi connectivity index (χ0n) is 7.04. The number of rotatable bonds is 0. The van der Waals surface area contributed by atoms with E-state index in [9.17, 15) is 9.59 Å². The molecule has 0 aromatic carbocycles. The molecule has 2 nitrogen and oxygen atoms in total. The first-order valence-electron chi connectivity index (χ1n) is 4.40. The van der Waals surface area contributed by atoms with Crippen molar-refractivity contribution in [2.45, 2.75) is 4.32 Å². The van der Waals surface area contributed by atoms with Crippen LogP contribution in [-0.4, -0.2) is 15.9 Å². The second kappa shape index (κ2) is 2.47. The van der Waals surface area contributed by atoms with Crippen LogP contribution >= 0.6 is 31.9 Å². The molecule has 0 radical (unpaired) electrons. The van der Waals surface area contributed by atoms with Crippen LogP contribution in [0.5, 0.6) is 0 Å². The summed E-state index contributed by atoms with van der Waals surface area (Å²) in [5.74, 6) is -0.164. The van der Waals surface area contributed by atoms with Crippen molar-refractivity contribution in [3.8, 4) is 0 Å². The molecule has 0 aromatic heterocycles. The molecule has 1 fully saturated rings. The largest absolute Gasteiger partial charge is 0.297 e. The van der Waals surface area contributed by atoms with Crippen molar-refractivity contribution in [2.24, 2.45) is 17.8 Å². The van der Waals surface area contributed by atoms with Crippen LogP contribution in [0.3, 0.4) is 0 Å². The standard InChI is InChI=1S/C10H6Br2O2/c11-6-3-5-7(8(6)13)4-1-2-10(5,12)9(4)14/h1-5,7H/t4?,5?,7?,10-/m0/s1. The maximum Gasteiger partial charge on any atom is 0.174 e. The molecule has 3 aliphatic rings. The van der Waals surface area contributed by atoms with Gasteiger partial charge in [0.15, 0.2) is 11.6 Å². The topological polar surface area (TPSA) is 34.1 Å². The first kappa shape index (κ1) is 9.04. The van der Waals surface area contributed by atoms with Gasteiger partial charge in [-0.05, 0) is 15.9 Å². The van der Waals surface area contributed by atoms with Gasteiger partial charge >= 0.3 is 0 Å². The molecule has 3 unspecified atom stereocenters. The van der Waals surface area contributed by atoms with Gasteiger partial charge in [0, 0.05) is 17.8 Å². The van der Waals surface area contributed by atoms with Crippen LogP contribution in [-0.2, 0) is 9.59 Å². The molecule has 4 atom stereocenters. The first-order valence-corrected chi connectivity index (χ1v) is 5.98. The summed E-state index contributed by atoms with van der Waals surface area (Å²) in [5, 5.41) is 0. The molecule has 0 saturated heterocycles. The van der Waals surface area contributed by atoms with Crippen molar-refractivity contribution in [1.29, 1.82) is 0 Å². The molecular formula is C10H6Br2O2. The molecule has 72 valence electrons. The van der Waals surface area contributed by atoms with Crippen LogP contribution in [0.1, 0.15) is 0 Å². The number of halogens is 2. The van der Waals surface area contributed by atoms with Crippen molar-refractivity contribution in [3.05, 3.63) is 22.7 Å². The van der Waals surface area contributed by atoms with E-state index in [0.717, 1.165) is 0 Å². The molecule has 4 heteroatoms. The van der Waals surface area contributed by atoms with Crippen LogP contribution in [0.2, 0.25) is 0 Å². The van der Waals surface area contributed by atoms with Gasteiger partial charge in [0.1, 0.15) is 4.32 Å². The van der Waals surface area contributed by atoms with Gasteiger partial charge in [-0.25, -0.2) is 0 Å². The SMILES string of the molecule is O=C1C(Br)=CC2C1C1C=C[C@@]2(Br)C1=O. The third-order valence-corrected chi connectivity index (χ3v) is 5.19. The number of alkyl halides is 1. The van der Waals surface area contributed by atoms with Crippen LogP contribution in [0, 0.1) is 17.8 Å². The second-order valence-electron chi connectivity index (χ2n) is 3.95. The summed E-state index contributed by atoms with van der Waals surface area (Å²) in [6.07, 6.45) is 5.61. The molecule has 3 rings (SSSR count). The maximum atomic E-state index is 11.8. The van der Waals surface area contributed by atoms with Crippen molar-refractivity contribution in [3.63, 3.8) is 0 Å². The zero-order valence-corrected chi connectivity index (χ0v) is 10.2. The number of carbonyl (C=O) groups excluding carboxylic acids is 2.